The van der Waals surface area contributed by atoms with Crippen molar-refractivity contribution in [2.75, 3.05) is 36.0 Å². The quantitative estimate of drug-likeness (QED) is 0.707. The molecule has 3 aromatic rings. The zero-order valence-corrected chi connectivity index (χ0v) is 15.5. The van der Waals surface area contributed by atoms with Gasteiger partial charge < -0.3 is 9.80 Å². The van der Waals surface area contributed by atoms with Crippen molar-refractivity contribution in [1.82, 2.24) is 24.6 Å². The average molecular weight is 367 g/mol. The van der Waals surface area contributed by atoms with Crippen molar-refractivity contribution in [2.45, 2.75) is 20.3 Å². The first-order chi connectivity index (χ1) is 13.1. The number of aryl methyl sites for hydroxylation is 2. The van der Waals surface area contributed by atoms with Gasteiger partial charge in [0.1, 0.15) is 11.8 Å². The molecule has 2 unspecified atom stereocenters. The smallest absolute Gasteiger partial charge is 0.187 e. The van der Waals surface area contributed by atoms with E-state index in [1.807, 2.05) is 24.6 Å². The topological polar surface area (TPSA) is 62.5 Å². The molecule has 8 heteroatoms. The number of halogens is 1. The molecular formula is C19H22FN7. The van der Waals surface area contributed by atoms with E-state index in [0.29, 0.717) is 29.8 Å². The lowest BCUT2D eigenvalue weighted by Gasteiger charge is -2.23. The largest absolute Gasteiger partial charge is 0.354 e. The van der Waals surface area contributed by atoms with Gasteiger partial charge in [-0.15, -0.1) is 0 Å². The van der Waals surface area contributed by atoms with Crippen molar-refractivity contribution in [3.63, 3.8) is 0 Å². The third-order valence-electron chi connectivity index (χ3n) is 5.76. The van der Waals surface area contributed by atoms with Crippen LogP contribution in [0.3, 0.4) is 0 Å². The molecule has 0 aliphatic carbocycles. The molecule has 5 heterocycles. The van der Waals surface area contributed by atoms with Gasteiger partial charge in [-0.2, -0.15) is 5.10 Å². The highest BCUT2D eigenvalue weighted by atomic mass is 19.1. The average Bonchev–Trinajstić information content (AvgIpc) is 3.33. The summed E-state index contributed by atoms with van der Waals surface area (Å²) < 4.78 is 16.5. The molecule has 27 heavy (non-hydrogen) atoms. The summed E-state index contributed by atoms with van der Waals surface area (Å²) in [5, 5.41) is 4.48. The molecule has 2 aliphatic rings. The Bertz CT molecular complexity index is 987. The Morgan fingerprint density at radius 3 is 2.44 bits per heavy atom. The van der Waals surface area contributed by atoms with E-state index in [-0.39, 0.29) is 5.82 Å². The van der Waals surface area contributed by atoms with Crippen molar-refractivity contribution < 1.29 is 4.39 Å². The number of aromatic nitrogens is 5. The molecule has 2 atom stereocenters. The van der Waals surface area contributed by atoms with Crippen LogP contribution in [-0.4, -0.2) is 50.7 Å². The zero-order chi connectivity index (χ0) is 18.5. The Morgan fingerprint density at radius 2 is 1.74 bits per heavy atom. The zero-order valence-electron chi connectivity index (χ0n) is 15.5. The van der Waals surface area contributed by atoms with Gasteiger partial charge >= 0.3 is 0 Å². The molecule has 0 radical (unpaired) electrons. The Labute approximate surface area is 156 Å². The maximum absolute atomic E-state index is 14.6. The van der Waals surface area contributed by atoms with Crippen molar-refractivity contribution in [1.29, 1.82) is 0 Å². The van der Waals surface area contributed by atoms with Crippen molar-refractivity contribution in [3.05, 3.63) is 42.0 Å². The lowest BCUT2D eigenvalue weighted by atomic mass is 10.0. The number of anilines is 2. The Kier molecular flexibility index (Phi) is 3.73. The molecular weight excluding hydrogens is 345 g/mol. The minimum Gasteiger partial charge on any atom is -0.354 e. The van der Waals surface area contributed by atoms with Crippen LogP contribution in [-0.2, 0) is 6.42 Å². The van der Waals surface area contributed by atoms with Crippen LogP contribution in [0.5, 0.6) is 0 Å². The van der Waals surface area contributed by atoms with Gasteiger partial charge in [-0.3, -0.25) is 0 Å². The van der Waals surface area contributed by atoms with Gasteiger partial charge in [-0.25, -0.2) is 23.9 Å². The predicted molar refractivity (Wildman–Crippen MR) is 100 cm³/mol. The van der Waals surface area contributed by atoms with Gasteiger partial charge in [0.25, 0.3) is 0 Å². The van der Waals surface area contributed by atoms with Gasteiger partial charge in [0, 0.05) is 50.4 Å². The summed E-state index contributed by atoms with van der Waals surface area (Å²) >= 11 is 0. The van der Waals surface area contributed by atoms with Gasteiger partial charge in [0.2, 0.25) is 0 Å². The van der Waals surface area contributed by atoms with Crippen LogP contribution in [0.4, 0.5) is 16.0 Å². The van der Waals surface area contributed by atoms with E-state index >= 15 is 0 Å². The van der Waals surface area contributed by atoms with Crippen LogP contribution in [0.2, 0.25) is 0 Å². The molecule has 2 fully saturated rings. The molecule has 140 valence electrons. The normalized spacial score (nSPS) is 22.0. The van der Waals surface area contributed by atoms with E-state index in [1.165, 1.54) is 6.33 Å². The summed E-state index contributed by atoms with van der Waals surface area (Å²) in [5.74, 6) is 2.14. The van der Waals surface area contributed by atoms with Gasteiger partial charge in [-0.05, 0) is 19.4 Å². The summed E-state index contributed by atoms with van der Waals surface area (Å²) in [7, 11) is 0. The molecule has 0 N–H and O–H groups in total. The fourth-order valence-electron chi connectivity index (χ4n) is 4.48. The van der Waals surface area contributed by atoms with Gasteiger partial charge in [0.05, 0.1) is 11.4 Å². The summed E-state index contributed by atoms with van der Waals surface area (Å²) in [4.78, 5) is 17.3. The van der Waals surface area contributed by atoms with Crippen LogP contribution in [0.15, 0.2) is 24.8 Å². The molecule has 0 aromatic carbocycles. The maximum Gasteiger partial charge on any atom is 0.187 e. The van der Waals surface area contributed by atoms with E-state index in [2.05, 4.69) is 35.9 Å². The second-order valence-corrected chi connectivity index (χ2v) is 7.51. The van der Waals surface area contributed by atoms with Crippen LogP contribution in [0.25, 0.3) is 5.52 Å². The monoisotopic (exact) mass is 367 g/mol. The van der Waals surface area contributed by atoms with Gasteiger partial charge in [0.15, 0.2) is 17.5 Å². The lowest BCUT2D eigenvalue weighted by molar-refractivity contribution is 0.533. The highest BCUT2D eigenvalue weighted by molar-refractivity contribution is 5.69. The summed E-state index contributed by atoms with van der Waals surface area (Å²) in [6.07, 6.45) is 5.74. The summed E-state index contributed by atoms with van der Waals surface area (Å²) in [6, 6.07) is 2.07. The fourth-order valence-corrected chi connectivity index (χ4v) is 4.48. The minimum absolute atomic E-state index is 0.266. The molecule has 2 saturated heterocycles. The third kappa shape index (κ3) is 2.62. The Balaban J connectivity index is 1.37. The Morgan fingerprint density at radius 1 is 1.04 bits per heavy atom. The first-order valence-corrected chi connectivity index (χ1v) is 9.44. The van der Waals surface area contributed by atoms with Crippen LogP contribution >= 0.6 is 0 Å². The molecule has 5 rings (SSSR count). The third-order valence-corrected chi connectivity index (χ3v) is 5.76. The fraction of sp³-hybridized carbons (Fsp3) is 0.474. The second-order valence-electron chi connectivity index (χ2n) is 7.51. The van der Waals surface area contributed by atoms with E-state index in [4.69, 9.17) is 0 Å². The predicted octanol–water partition coefficient (Wildman–Crippen LogP) is 2.10. The molecule has 2 aliphatic heterocycles. The van der Waals surface area contributed by atoms with Crippen LogP contribution in [0, 0.1) is 24.6 Å². The number of hydrogen-bond acceptors (Lipinski definition) is 6. The molecule has 0 amide bonds. The van der Waals surface area contributed by atoms with Crippen molar-refractivity contribution >= 4 is 17.2 Å². The van der Waals surface area contributed by atoms with E-state index in [9.17, 15) is 4.39 Å². The Hall–Kier alpha value is -2.77. The molecule has 0 spiro atoms. The van der Waals surface area contributed by atoms with Gasteiger partial charge in [-0.1, -0.05) is 6.92 Å². The van der Waals surface area contributed by atoms with Crippen molar-refractivity contribution in [3.8, 4) is 0 Å². The highest BCUT2D eigenvalue weighted by Crippen LogP contribution is 2.37. The van der Waals surface area contributed by atoms with E-state index in [0.717, 1.165) is 43.2 Å². The summed E-state index contributed by atoms with van der Waals surface area (Å²) in [5.41, 5.74) is 2.52. The summed E-state index contributed by atoms with van der Waals surface area (Å²) in [6.45, 7) is 7.39. The van der Waals surface area contributed by atoms with Crippen LogP contribution < -0.4 is 9.80 Å². The lowest BCUT2D eigenvalue weighted by Crippen LogP contribution is -2.30. The minimum atomic E-state index is -0.266. The number of hydrogen-bond donors (Lipinski definition) is 0. The molecule has 0 bridgehead atoms. The molecule has 0 saturated carbocycles. The SMILES string of the molecule is CCc1ncnc(N2CC3CN(c4nccn5nc(C)cc45)CC3C2)c1F. The first kappa shape index (κ1) is 16.4. The van der Waals surface area contributed by atoms with E-state index in [1.54, 1.807) is 6.20 Å². The van der Waals surface area contributed by atoms with Crippen molar-refractivity contribution in [2.24, 2.45) is 11.8 Å². The molecule has 3 aromatic heterocycles. The maximum atomic E-state index is 14.6. The standard InChI is InChI=1S/C19H22FN7/c1-3-15-17(20)19(23-11-22-15)26-9-13-7-25(8-14(13)10-26)18-16-6-12(2)24-27(16)5-4-21-18/h4-6,11,13-14H,3,7-10H2,1-2H3. The van der Waals surface area contributed by atoms with Crippen LogP contribution in [0.1, 0.15) is 18.3 Å². The number of nitrogens with zero attached hydrogens (tertiary/aromatic N) is 7. The van der Waals surface area contributed by atoms with E-state index < -0.39 is 0 Å². The second kappa shape index (κ2) is 6.14. The number of rotatable bonds is 3. The highest BCUT2D eigenvalue weighted by Gasteiger charge is 2.42. The number of fused-ring (bicyclic) bond motifs is 2. The first-order valence-electron chi connectivity index (χ1n) is 9.44. The molecule has 7 nitrogen and oxygen atoms in total.